The van der Waals surface area contributed by atoms with E-state index in [0.29, 0.717) is 17.3 Å². The van der Waals surface area contributed by atoms with Crippen LogP contribution in [0.4, 0.5) is 11.6 Å². The maximum absolute atomic E-state index is 9.16. The van der Waals surface area contributed by atoms with Crippen molar-refractivity contribution in [1.29, 1.82) is 5.26 Å². The number of rotatable bonds is 6. The lowest BCUT2D eigenvalue weighted by Gasteiger charge is -2.35. The van der Waals surface area contributed by atoms with Gasteiger partial charge in [0, 0.05) is 56.2 Å². The van der Waals surface area contributed by atoms with Gasteiger partial charge in [0.25, 0.3) is 0 Å². The van der Waals surface area contributed by atoms with E-state index in [4.69, 9.17) is 21.0 Å². The van der Waals surface area contributed by atoms with E-state index < -0.39 is 0 Å². The zero-order chi connectivity index (χ0) is 29.2. The Kier molecular flexibility index (Phi) is 6.91. The molecule has 43 heavy (non-hydrogen) atoms. The van der Waals surface area contributed by atoms with Gasteiger partial charge < -0.3 is 10.6 Å². The Bertz CT molecular complexity index is 1940. The minimum absolute atomic E-state index is 0.388. The third-order valence-electron chi connectivity index (χ3n) is 7.72. The monoisotopic (exact) mass is 564 g/mol. The minimum Gasteiger partial charge on any atom is -0.383 e. The van der Waals surface area contributed by atoms with Gasteiger partial charge in [-0.05, 0) is 42.0 Å². The second-order valence-corrected chi connectivity index (χ2v) is 10.4. The van der Waals surface area contributed by atoms with E-state index in [2.05, 4.69) is 71.8 Å². The Morgan fingerprint density at radius 3 is 2.40 bits per heavy atom. The number of nitrogens with two attached hydrogens (primary N) is 1. The Hall–Kier alpha value is -5.66. The summed E-state index contributed by atoms with van der Waals surface area (Å²) < 4.78 is 2.06. The topological polar surface area (TPSA) is 126 Å². The standard InChI is InChI=1S/C33H28N10/c34-20-25-19-30(38-22-37-25)42-17-15-41(16-18-42)21-23-8-10-26(11-9-23)43-32(27-7-4-14-36-31(27)35)40-29-13-12-28(39-33(29)43)24-5-2-1-3-6-24/h1-14,19,22H,15-18,21H2,(H2,35,36). The number of fused-ring (bicyclic) bond motifs is 1. The van der Waals surface area contributed by atoms with Crippen molar-refractivity contribution >= 4 is 22.8 Å². The average molecular weight is 565 g/mol. The van der Waals surface area contributed by atoms with E-state index in [1.165, 1.54) is 11.9 Å². The molecule has 4 aromatic heterocycles. The van der Waals surface area contributed by atoms with Gasteiger partial charge in [0.1, 0.15) is 35.2 Å². The molecule has 2 N–H and O–H groups in total. The molecule has 0 bridgehead atoms. The molecule has 0 atom stereocenters. The van der Waals surface area contributed by atoms with Gasteiger partial charge in [0.15, 0.2) is 11.5 Å². The van der Waals surface area contributed by atoms with Crippen molar-refractivity contribution in [2.75, 3.05) is 36.8 Å². The number of piperazine rings is 1. The highest BCUT2D eigenvalue weighted by molar-refractivity contribution is 5.84. The van der Waals surface area contributed by atoms with Crippen LogP contribution in [0.25, 0.3) is 39.5 Å². The van der Waals surface area contributed by atoms with Crippen molar-refractivity contribution in [2.45, 2.75) is 6.54 Å². The summed E-state index contributed by atoms with van der Waals surface area (Å²) in [5, 5.41) is 9.16. The number of aromatic nitrogens is 6. The highest BCUT2D eigenvalue weighted by atomic mass is 15.3. The van der Waals surface area contributed by atoms with Crippen molar-refractivity contribution in [3.8, 4) is 34.4 Å². The van der Waals surface area contributed by atoms with Crippen LogP contribution in [0.2, 0.25) is 0 Å². The van der Waals surface area contributed by atoms with Gasteiger partial charge in [0.05, 0.1) is 11.3 Å². The summed E-state index contributed by atoms with van der Waals surface area (Å²) in [5.74, 6) is 1.92. The van der Waals surface area contributed by atoms with Crippen LogP contribution in [0.3, 0.4) is 0 Å². The maximum atomic E-state index is 9.16. The number of anilines is 2. The Morgan fingerprint density at radius 1 is 0.814 bits per heavy atom. The van der Waals surface area contributed by atoms with Crippen LogP contribution in [0.5, 0.6) is 0 Å². The van der Waals surface area contributed by atoms with E-state index in [1.807, 2.05) is 42.5 Å². The first kappa shape index (κ1) is 26.3. The second kappa shape index (κ2) is 11.3. The van der Waals surface area contributed by atoms with E-state index in [1.54, 1.807) is 12.3 Å². The smallest absolute Gasteiger partial charge is 0.165 e. The van der Waals surface area contributed by atoms with Crippen LogP contribution in [-0.4, -0.2) is 60.6 Å². The molecular formula is C33H28N10. The van der Waals surface area contributed by atoms with Crippen molar-refractivity contribution < 1.29 is 0 Å². The predicted octanol–water partition coefficient (Wildman–Crippen LogP) is 4.72. The molecule has 1 saturated heterocycles. The molecule has 0 radical (unpaired) electrons. The summed E-state index contributed by atoms with van der Waals surface area (Å²) in [4.78, 5) is 27.3. The number of imidazole rings is 1. The number of hydrogen-bond donors (Lipinski definition) is 1. The highest BCUT2D eigenvalue weighted by Crippen LogP contribution is 2.32. The average Bonchev–Trinajstić information content (AvgIpc) is 3.44. The highest BCUT2D eigenvalue weighted by Gasteiger charge is 2.21. The predicted molar refractivity (Wildman–Crippen MR) is 166 cm³/mol. The molecule has 6 aromatic rings. The van der Waals surface area contributed by atoms with Crippen LogP contribution in [-0.2, 0) is 6.54 Å². The normalized spacial score (nSPS) is 13.7. The van der Waals surface area contributed by atoms with Gasteiger partial charge in [-0.15, -0.1) is 0 Å². The molecule has 2 aromatic carbocycles. The molecule has 10 heteroatoms. The number of pyridine rings is 2. The van der Waals surface area contributed by atoms with Gasteiger partial charge in [-0.1, -0.05) is 42.5 Å². The van der Waals surface area contributed by atoms with E-state index >= 15 is 0 Å². The summed E-state index contributed by atoms with van der Waals surface area (Å²) >= 11 is 0. The Balaban J connectivity index is 1.17. The Morgan fingerprint density at radius 2 is 1.63 bits per heavy atom. The molecule has 0 aliphatic carbocycles. The molecule has 10 nitrogen and oxygen atoms in total. The second-order valence-electron chi connectivity index (χ2n) is 10.4. The van der Waals surface area contributed by atoms with Crippen molar-refractivity contribution in [3.05, 3.63) is 109 Å². The first-order valence-corrected chi connectivity index (χ1v) is 14.1. The lowest BCUT2D eigenvalue weighted by molar-refractivity contribution is 0.249. The van der Waals surface area contributed by atoms with E-state index in [-0.39, 0.29) is 0 Å². The molecule has 0 unspecified atom stereocenters. The lowest BCUT2D eigenvalue weighted by Crippen LogP contribution is -2.46. The first-order chi connectivity index (χ1) is 21.2. The SMILES string of the molecule is N#Cc1cc(N2CCN(Cc3ccc(-n4c(-c5cccnc5N)nc5ccc(-c6ccccc6)nc54)cc3)CC2)ncn1. The summed E-state index contributed by atoms with van der Waals surface area (Å²) in [6, 6.07) is 30.3. The van der Waals surface area contributed by atoms with Crippen molar-refractivity contribution in [3.63, 3.8) is 0 Å². The van der Waals surface area contributed by atoms with Crippen LogP contribution < -0.4 is 10.6 Å². The fourth-order valence-electron chi connectivity index (χ4n) is 5.48. The molecule has 7 rings (SSSR count). The van der Waals surface area contributed by atoms with Gasteiger partial charge in [-0.3, -0.25) is 9.47 Å². The quantitative estimate of drug-likeness (QED) is 0.306. The molecule has 5 heterocycles. The van der Waals surface area contributed by atoms with Crippen LogP contribution >= 0.6 is 0 Å². The van der Waals surface area contributed by atoms with Gasteiger partial charge in [-0.25, -0.2) is 24.9 Å². The molecule has 0 spiro atoms. The van der Waals surface area contributed by atoms with Crippen LogP contribution in [0.1, 0.15) is 11.3 Å². The molecule has 210 valence electrons. The van der Waals surface area contributed by atoms with Crippen LogP contribution in [0, 0.1) is 11.3 Å². The molecule has 1 aliphatic heterocycles. The fourth-order valence-corrected chi connectivity index (χ4v) is 5.48. The third kappa shape index (κ3) is 5.25. The summed E-state index contributed by atoms with van der Waals surface area (Å²) in [6.45, 7) is 4.32. The fraction of sp³-hybridized carbons (Fsp3) is 0.152. The molecular weight excluding hydrogens is 536 g/mol. The largest absolute Gasteiger partial charge is 0.383 e. The number of nitrogens with zero attached hydrogens (tertiary/aromatic N) is 9. The van der Waals surface area contributed by atoms with Crippen molar-refractivity contribution in [1.82, 2.24) is 34.4 Å². The van der Waals surface area contributed by atoms with Gasteiger partial charge in [0.2, 0.25) is 0 Å². The van der Waals surface area contributed by atoms with E-state index in [0.717, 1.165) is 72.2 Å². The minimum atomic E-state index is 0.388. The number of nitrogen functional groups attached to an aromatic ring is 1. The molecule has 0 saturated carbocycles. The molecule has 1 aliphatic rings. The number of benzene rings is 2. The molecule has 1 fully saturated rings. The Labute approximate surface area is 248 Å². The van der Waals surface area contributed by atoms with Gasteiger partial charge >= 0.3 is 0 Å². The van der Waals surface area contributed by atoms with Crippen LogP contribution in [0.15, 0.2) is 97.5 Å². The summed E-state index contributed by atoms with van der Waals surface area (Å²) in [6.07, 6.45) is 3.14. The number of hydrogen-bond acceptors (Lipinski definition) is 9. The zero-order valence-corrected chi connectivity index (χ0v) is 23.4. The first-order valence-electron chi connectivity index (χ1n) is 14.1. The van der Waals surface area contributed by atoms with E-state index in [9.17, 15) is 0 Å². The maximum Gasteiger partial charge on any atom is 0.165 e. The lowest BCUT2D eigenvalue weighted by atomic mass is 10.1. The summed E-state index contributed by atoms with van der Waals surface area (Å²) in [7, 11) is 0. The van der Waals surface area contributed by atoms with Crippen molar-refractivity contribution in [2.24, 2.45) is 0 Å². The number of nitriles is 1. The summed E-state index contributed by atoms with van der Waals surface area (Å²) in [5.41, 5.74) is 13.1. The zero-order valence-electron chi connectivity index (χ0n) is 23.4. The third-order valence-corrected chi connectivity index (χ3v) is 7.72. The molecule has 0 amide bonds. The van der Waals surface area contributed by atoms with Gasteiger partial charge in [-0.2, -0.15) is 5.26 Å².